The molecule has 0 aromatic carbocycles. The van der Waals surface area contributed by atoms with Gasteiger partial charge in [-0.15, -0.1) is 0 Å². The van der Waals surface area contributed by atoms with Gasteiger partial charge in [-0.25, -0.2) is 4.79 Å². The van der Waals surface area contributed by atoms with Crippen LogP contribution in [0.1, 0.15) is 13.8 Å². The molecule has 3 N–H and O–H groups in total. The normalized spacial score (nSPS) is 29.1. The molecule has 1 heterocycles. The van der Waals surface area contributed by atoms with Crippen LogP contribution in [0.3, 0.4) is 0 Å². The second-order valence-corrected chi connectivity index (χ2v) is 4.39. The Labute approximate surface area is 105 Å². The van der Waals surface area contributed by atoms with Gasteiger partial charge in [-0.05, 0) is 13.8 Å². The third-order valence-corrected chi connectivity index (χ3v) is 2.40. The SMILES string of the molecule is CC1(C)OC(CO)C(C(O)/C=C/C=C/C(=O)O)O1. The Hall–Kier alpha value is -1.21. The number of carboxylic acids is 1. The molecular weight excluding hydrogens is 240 g/mol. The van der Waals surface area contributed by atoms with Crippen LogP contribution in [0.25, 0.3) is 0 Å². The van der Waals surface area contributed by atoms with E-state index in [0.717, 1.165) is 6.08 Å². The molecule has 1 fully saturated rings. The first-order valence-corrected chi connectivity index (χ1v) is 5.58. The Kier molecular flexibility index (Phi) is 5.03. The number of hydrogen-bond donors (Lipinski definition) is 3. The van der Waals surface area contributed by atoms with Crippen molar-refractivity contribution in [3.05, 3.63) is 24.3 Å². The van der Waals surface area contributed by atoms with Crippen molar-refractivity contribution in [2.24, 2.45) is 0 Å². The van der Waals surface area contributed by atoms with Gasteiger partial charge in [0, 0.05) is 6.08 Å². The van der Waals surface area contributed by atoms with Crippen molar-refractivity contribution in [2.45, 2.75) is 37.9 Å². The van der Waals surface area contributed by atoms with Gasteiger partial charge in [-0.3, -0.25) is 0 Å². The zero-order chi connectivity index (χ0) is 13.8. The van der Waals surface area contributed by atoms with Crippen molar-refractivity contribution in [1.82, 2.24) is 0 Å². The number of aliphatic hydroxyl groups excluding tert-OH is 2. The lowest BCUT2D eigenvalue weighted by Gasteiger charge is -2.19. The lowest BCUT2D eigenvalue weighted by molar-refractivity contribution is -0.154. The predicted molar refractivity (Wildman–Crippen MR) is 62.8 cm³/mol. The Morgan fingerprint density at radius 1 is 1.39 bits per heavy atom. The maximum Gasteiger partial charge on any atom is 0.328 e. The van der Waals surface area contributed by atoms with Crippen LogP contribution in [-0.4, -0.2) is 52.0 Å². The molecule has 6 nitrogen and oxygen atoms in total. The molecule has 102 valence electrons. The lowest BCUT2D eigenvalue weighted by Crippen LogP contribution is -2.36. The lowest BCUT2D eigenvalue weighted by atomic mass is 10.1. The summed E-state index contributed by atoms with van der Waals surface area (Å²) in [5, 5.41) is 27.4. The minimum Gasteiger partial charge on any atom is -0.478 e. The van der Waals surface area contributed by atoms with E-state index in [0.29, 0.717) is 0 Å². The molecule has 3 atom stereocenters. The van der Waals surface area contributed by atoms with Crippen molar-refractivity contribution < 1.29 is 29.6 Å². The van der Waals surface area contributed by atoms with Gasteiger partial charge in [-0.1, -0.05) is 18.2 Å². The first-order chi connectivity index (χ1) is 8.35. The zero-order valence-electron chi connectivity index (χ0n) is 10.3. The highest BCUT2D eigenvalue weighted by Gasteiger charge is 2.43. The van der Waals surface area contributed by atoms with Crippen molar-refractivity contribution in [2.75, 3.05) is 6.61 Å². The molecule has 18 heavy (non-hydrogen) atoms. The molecule has 1 rings (SSSR count). The number of rotatable bonds is 5. The van der Waals surface area contributed by atoms with E-state index in [1.165, 1.54) is 18.2 Å². The van der Waals surface area contributed by atoms with Gasteiger partial charge >= 0.3 is 5.97 Å². The average molecular weight is 258 g/mol. The fourth-order valence-electron chi connectivity index (χ4n) is 1.72. The van der Waals surface area contributed by atoms with Gasteiger partial charge in [0.15, 0.2) is 5.79 Å². The molecule has 1 saturated heterocycles. The second kappa shape index (κ2) is 6.10. The fourth-order valence-corrected chi connectivity index (χ4v) is 1.72. The Morgan fingerprint density at radius 2 is 2.06 bits per heavy atom. The summed E-state index contributed by atoms with van der Waals surface area (Å²) < 4.78 is 10.9. The number of aliphatic hydroxyl groups is 2. The van der Waals surface area contributed by atoms with E-state index < -0.39 is 30.1 Å². The molecule has 0 aromatic rings. The van der Waals surface area contributed by atoms with Crippen molar-refractivity contribution in [3.63, 3.8) is 0 Å². The maximum absolute atomic E-state index is 10.2. The van der Waals surface area contributed by atoms with Crippen molar-refractivity contribution >= 4 is 5.97 Å². The molecular formula is C12H18O6. The summed E-state index contributed by atoms with van der Waals surface area (Å²) in [6.07, 6.45) is 2.76. The smallest absolute Gasteiger partial charge is 0.328 e. The summed E-state index contributed by atoms with van der Waals surface area (Å²) in [7, 11) is 0. The van der Waals surface area contributed by atoms with Gasteiger partial charge in [0.25, 0.3) is 0 Å². The van der Waals surface area contributed by atoms with Gasteiger partial charge in [0.05, 0.1) is 6.61 Å². The highest BCUT2D eigenvalue weighted by atomic mass is 16.8. The number of hydrogen-bond acceptors (Lipinski definition) is 5. The van der Waals surface area contributed by atoms with Crippen LogP contribution in [0, 0.1) is 0 Å². The monoisotopic (exact) mass is 258 g/mol. The van der Waals surface area contributed by atoms with Gasteiger partial charge in [-0.2, -0.15) is 0 Å². The highest BCUT2D eigenvalue weighted by Crippen LogP contribution is 2.30. The third kappa shape index (κ3) is 4.23. The Morgan fingerprint density at radius 3 is 2.61 bits per heavy atom. The fraction of sp³-hybridized carbons (Fsp3) is 0.583. The van der Waals surface area contributed by atoms with E-state index in [2.05, 4.69) is 0 Å². The summed E-state index contributed by atoms with van der Waals surface area (Å²) >= 11 is 0. The summed E-state index contributed by atoms with van der Waals surface area (Å²) in [6, 6.07) is 0. The number of ether oxygens (including phenoxy) is 2. The van der Waals surface area contributed by atoms with E-state index in [1.807, 2.05) is 0 Å². The molecule has 0 radical (unpaired) electrons. The molecule has 3 unspecified atom stereocenters. The molecule has 0 aliphatic carbocycles. The van der Waals surface area contributed by atoms with E-state index in [-0.39, 0.29) is 6.61 Å². The van der Waals surface area contributed by atoms with Gasteiger partial charge < -0.3 is 24.8 Å². The molecule has 1 aliphatic rings. The van der Waals surface area contributed by atoms with E-state index in [9.17, 15) is 9.90 Å². The molecule has 0 aromatic heterocycles. The summed E-state index contributed by atoms with van der Waals surface area (Å²) in [4.78, 5) is 10.2. The van der Waals surface area contributed by atoms with Crippen LogP contribution in [0.15, 0.2) is 24.3 Å². The standard InChI is InChI=1S/C12H18O6/c1-12(2)17-9(7-13)11(18-12)8(14)5-3-4-6-10(15)16/h3-6,8-9,11,13-14H,7H2,1-2H3,(H,15,16)/b5-3+,6-4+. The molecule has 6 heteroatoms. The topological polar surface area (TPSA) is 96.2 Å². The minimum absolute atomic E-state index is 0.260. The minimum atomic E-state index is -1.07. The summed E-state index contributed by atoms with van der Waals surface area (Å²) in [5.41, 5.74) is 0. The van der Waals surface area contributed by atoms with E-state index in [1.54, 1.807) is 13.8 Å². The van der Waals surface area contributed by atoms with E-state index in [4.69, 9.17) is 19.7 Å². The van der Waals surface area contributed by atoms with Crippen LogP contribution >= 0.6 is 0 Å². The molecule has 0 spiro atoms. The third-order valence-electron chi connectivity index (χ3n) is 2.40. The number of aliphatic carboxylic acids is 1. The van der Waals surface area contributed by atoms with Crippen LogP contribution in [-0.2, 0) is 14.3 Å². The largest absolute Gasteiger partial charge is 0.478 e. The highest BCUT2D eigenvalue weighted by molar-refractivity contribution is 5.80. The molecule has 0 amide bonds. The second-order valence-electron chi connectivity index (χ2n) is 4.39. The predicted octanol–water partition coefficient (Wildman–Crippen LogP) is 0.0567. The Balaban J connectivity index is 2.60. The Bertz CT molecular complexity index is 346. The van der Waals surface area contributed by atoms with Crippen LogP contribution in [0.5, 0.6) is 0 Å². The molecule has 0 bridgehead atoms. The maximum atomic E-state index is 10.2. The molecule has 0 saturated carbocycles. The van der Waals surface area contributed by atoms with Crippen molar-refractivity contribution in [1.29, 1.82) is 0 Å². The summed E-state index contributed by atoms with van der Waals surface area (Å²) in [6.45, 7) is 3.12. The first kappa shape index (κ1) is 14.8. The van der Waals surface area contributed by atoms with Crippen LogP contribution < -0.4 is 0 Å². The summed E-state index contributed by atoms with van der Waals surface area (Å²) in [5.74, 6) is -1.92. The average Bonchev–Trinajstić information content (AvgIpc) is 2.59. The van der Waals surface area contributed by atoms with E-state index >= 15 is 0 Å². The van der Waals surface area contributed by atoms with Crippen molar-refractivity contribution in [3.8, 4) is 0 Å². The van der Waals surface area contributed by atoms with Crippen LogP contribution in [0.4, 0.5) is 0 Å². The van der Waals surface area contributed by atoms with Gasteiger partial charge in [0.2, 0.25) is 0 Å². The number of carboxylic acid groups (broad SMARTS) is 1. The first-order valence-electron chi connectivity index (χ1n) is 5.58. The number of carbonyl (C=O) groups is 1. The van der Waals surface area contributed by atoms with Gasteiger partial charge in [0.1, 0.15) is 18.3 Å². The quantitative estimate of drug-likeness (QED) is 0.476. The van der Waals surface area contributed by atoms with Crippen LogP contribution in [0.2, 0.25) is 0 Å². The zero-order valence-corrected chi connectivity index (χ0v) is 10.3. The number of allylic oxidation sites excluding steroid dienone is 2. The molecule has 1 aliphatic heterocycles.